The Kier molecular flexibility index (Phi) is 5.65. The van der Waals surface area contributed by atoms with Crippen molar-refractivity contribution in [3.63, 3.8) is 0 Å². The van der Waals surface area contributed by atoms with Crippen LogP contribution in [0.5, 0.6) is 5.75 Å². The van der Waals surface area contributed by atoms with E-state index >= 15 is 0 Å². The first-order valence-electron chi connectivity index (χ1n) is 6.85. The molecule has 4 nitrogen and oxygen atoms in total. The van der Waals surface area contributed by atoms with Gasteiger partial charge in [0.1, 0.15) is 5.52 Å². The van der Waals surface area contributed by atoms with Crippen molar-refractivity contribution < 1.29 is 9.90 Å². The molecule has 0 unspecified atom stereocenters. The summed E-state index contributed by atoms with van der Waals surface area (Å²) >= 11 is 11.8. The molecule has 0 aliphatic heterocycles. The molecule has 1 aromatic heterocycles. The number of nitrogens with one attached hydrogen (secondary N) is 1. The minimum Gasteiger partial charge on any atom is -0.505 e. The van der Waals surface area contributed by atoms with Gasteiger partial charge < -0.3 is 10.4 Å². The third-order valence-corrected chi connectivity index (χ3v) is 4.17. The second kappa shape index (κ2) is 7.51. The molecule has 0 spiro atoms. The second-order valence-electron chi connectivity index (χ2n) is 4.97. The molecule has 1 heterocycles. The number of aromatic hydroxyl groups is 1. The first-order chi connectivity index (χ1) is 11.1. The van der Waals surface area contributed by atoms with Gasteiger partial charge in [-0.1, -0.05) is 48.8 Å². The summed E-state index contributed by atoms with van der Waals surface area (Å²) in [4.78, 5) is 16.4. The average molecular weight is 363 g/mol. The molecule has 0 fully saturated rings. The number of phenolic OH excluding ortho intramolecular Hbond substituents is 1. The molecule has 0 bridgehead atoms. The molecular weight excluding hydrogens is 347 g/mol. The lowest BCUT2D eigenvalue weighted by atomic mass is 10.1. The predicted octanol–water partition coefficient (Wildman–Crippen LogP) is 4.81. The average Bonchev–Trinajstić information content (AvgIpc) is 2.56. The van der Waals surface area contributed by atoms with Crippen molar-refractivity contribution in [1.29, 1.82) is 0 Å². The number of carbonyl (C=O) groups excluding carboxylic acids is 1. The Bertz CT molecular complexity index is 897. The van der Waals surface area contributed by atoms with Gasteiger partial charge in [0, 0.05) is 18.1 Å². The Hall–Kier alpha value is -2.30. The van der Waals surface area contributed by atoms with Crippen LogP contribution in [0.4, 0.5) is 0 Å². The van der Waals surface area contributed by atoms with Crippen LogP contribution in [0, 0.1) is 0 Å². The highest BCUT2D eigenvalue weighted by molar-refractivity contribution is 6.42. The van der Waals surface area contributed by atoms with Crippen LogP contribution in [-0.2, 0) is 6.54 Å². The number of benzene rings is 2. The number of hydrogen-bond acceptors (Lipinski definition) is 3. The van der Waals surface area contributed by atoms with Crippen LogP contribution in [0.1, 0.15) is 23.3 Å². The van der Waals surface area contributed by atoms with E-state index in [1.54, 1.807) is 42.6 Å². The summed E-state index contributed by atoms with van der Waals surface area (Å²) in [5, 5.41) is 14.6. The molecule has 124 valence electrons. The van der Waals surface area contributed by atoms with Crippen LogP contribution in [0.25, 0.3) is 10.9 Å². The Balaban J connectivity index is 0.00000208. The molecule has 0 aliphatic carbocycles. The summed E-state index contributed by atoms with van der Waals surface area (Å²) < 4.78 is 0. The summed E-state index contributed by atoms with van der Waals surface area (Å²) in [6, 6.07) is 12.0. The number of carbonyl (C=O) groups is 1. The monoisotopic (exact) mass is 362 g/mol. The highest BCUT2D eigenvalue weighted by Gasteiger charge is 2.14. The van der Waals surface area contributed by atoms with Gasteiger partial charge in [0.15, 0.2) is 5.75 Å². The van der Waals surface area contributed by atoms with Gasteiger partial charge in [-0.25, -0.2) is 0 Å². The zero-order valence-corrected chi connectivity index (χ0v) is 13.4. The van der Waals surface area contributed by atoms with Crippen molar-refractivity contribution in [2.75, 3.05) is 0 Å². The van der Waals surface area contributed by atoms with Gasteiger partial charge in [0.25, 0.3) is 5.91 Å². The van der Waals surface area contributed by atoms with Crippen LogP contribution in [-0.4, -0.2) is 16.0 Å². The third-order valence-electron chi connectivity index (χ3n) is 3.43. The Morgan fingerprint density at radius 2 is 1.92 bits per heavy atom. The van der Waals surface area contributed by atoms with Gasteiger partial charge in [-0.15, -0.1) is 0 Å². The van der Waals surface area contributed by atoms with Gasteiger partial charge in [0.05, 0.1) is 15.6 Å². The molecule has 0 radical (unpaired) electrons. The molecule has 0 saturated carbocycles. The SMILES string of the molecule is C.O=C(NCc1ccc(Cl)c(Cl)c1)c1ccc2cccnc2c1O. The molecule has 3 rings (SSSR count). The Morgan fingerprint density at radius 3 is 2.67 bits per heavy atom. The predicted molar refractivity (Wildman–Crippen MR) is 97.8 cm³/mol. The summed E-state index contributed by atoms with van der Waals surface area (Å²) in [6.45, 7) is 0.273. The van der Waals surface area contributed by atoms with E-state index in [1.807, 2.05) is 6.07 Å². The van der Waals surface area contributed by atoms with Crippen LogP contribution in [0.2, 0.25) is 10.0 Å². The third kappa shape index (κ3) is 3.61. The van der Waals surface area contributed by atoms with Crippen molar-refractivity contribution in [3.8, 4) is 5.75 Å². The molecule has 2 aromatic carbocycles. The summed E-state index contributed by atoms with van der Waals surface area (Å²) in [6.07, 6.45) is 1.57. The lowest BCUT2D eigenvalue weighted by Gasteiger charge is -2.09. The van der Waals surface area contributed by atoms with Crippen molar-refractivity contribution in [2.24, 2.45) is 0 Å². The maximum absolute atomic E-state index is 12.3. The number of hydrogen-bond donors (Lipinski definition) is 2. The molecule has 0 atom stereocenters. The van der Waals surface area contributed by atoms with E-state index in [1.165, 1.54) is 0 Å². The molecular formula is C18H16Cl2N2O2. The van der Waals surface area contributed by atoms with Crippen molar-refractivity contribution >= 4 is 40.0 Å². The molecule has 0 saturated heterocycles. The van der Waals surface area contributed by atoms with Crippen LogP contribution in [0.3, 0.4) is 0 Å². The maximum Gasteiger partial charge on any atom is 0.255 e. The number of nitrogens with zero attached hydrogens (tertiary/aromatic N) is 1. The fraction of sp³-hybridized carbons (Fsp3) is 0.111. The summed E-state index contributed by atoms with van der Waals surface area (Å²) in [5.74, 6) is -0.518. The van der Waals surface area contributed by atoms with Gasteiger partial charge in [-0.05, 0) is 29.8 Å². The fourth-order valence-electron chi connectivity index (χ4n) is 2.24. The number of aromatic nitrogens is 1. The van der Waals surface area contributed by atoms with Crippen LogP contribution in [0.15, 0.2) is 48.7 Å². The lowest BCUT2D eigenvalue weighted by molar-refractivity contribution is 0.0948. The minimum atomic E-state index is -0.388. The van der Waals surface area contributed by atoms with Gasteiger partial charge in [-0.2, -0.15) is 0 Å². The second-order valence-corrected chi connectivity index (χ2v) is 5.78. The van der Waals surface area contributed by atoms with E-state index in [0.717, 1.165) is 10.9 Å². The van der Waals surface area contributed by atoms with Gasteiger partial charge in [0.2, 0.25) is 0 Å². The van der Waals surface area contributed by atoms with Crippen molar-refractivity contribution in [1.82, 2.24) is 10.3 Å². The number of halogens is 2. The molecule has 24 heavy (non-hydrogen) atoms. The first kappa shape index (κ1) is 18.0. The normalized spacial score (nSPS) is 10.2. The standard InChI is InChI=1S/C17H12Cl2N2O2.CH4/c18-13-6-3-10(8-14(13)19)9-21-17(23)12-5-4-11-2-1-7-20-15(11)16(12)22;/h1-8,22H,9H2,(H,21,23);1H4. The number of amides is 1. The number of phenols is 1. The lowest BCUT2D eigenvalue weighted by Crippen LogP contribution is -2.22. The largest absolute Gasteiger partial charge is 0.505 e. The Labute approximate surface area is 150 Å². The van der Waals surface area contributed by atoms with Crippen LogP contribution >= 0.6 is 23.2 Å². The van der Waals surface area contributed by atoms with Crippen molar-refractivity contribution in [3.05, 3.63) is 69.8 Å². The minimum absolute atomic E-state index is 0. The first-order valence-corrected chi connectivity index (χ1v) is 7.60. The number of pyridine rings is 1. The zero-order valence-electron chi connectivity index (χ0n) is 11.9. The maximum atomic E-state index is 12.3. The summed E-state index contributed by atoms with van der Waals surface area (Å²) in [7, 11) is 0. The molecule has 1 amide bonds. The van der Waals surface area contributed by atoms with E-state index < -0.39 is 0 Å². The smallest absolute Gasteiger partial charge is 0.255 e. The molecule has 2 N–H and O–H groups in total. The van der Waals surface area contributed by atoms with E-state index in [2.05, 4.69) is 10.3 Å². The fourth-order valence-corrected chi connectivity index (χ4v) is 2.56. The highest BCUT2D eigenvalue weighted by atomic mass is 35.5. The Morgan fingerprint density at radius 1 is 1.12 bits per heavy atom. The summed E-state index contributed by atoms with van der Waals surface area (Å²) in [5.41, 5.74) is 1.39. The quantitative estimate of drug-likeness (QED) is 0.702. The van der Waals surface area contributed by atoms with E-state index in [9.17, 15) is 9.90 Å². The van der Waals surface area contributed by atoms with E-state index in [4.69, 9.17) is 23.2 Å². The van der Waals surface area contributed by atoms with Gasteiger partial charge >= 0.3 is 0 Å². The van der Waals surface area contributed by atoms with E-state index in [-0.39, 0.29) is 31.2 Å². The van der Waals surface area contributed by atoms with Crippen molar-refractivity contribution in [2.45, 2.75) is 14.0 Å². The number of fused-ring (bicyclic) bond motifs is 1. The highest BCUT2D eigenvalue weighted by Crippen LogP contribution is 2.27. The zero-order chi connectivity index (χ0) is 16.4. The number of rotatable bonds is 3. The topological polar surface area (TPSA) is 62.2 Å². The van der Waals surface area contributed by atoms with Gasteiger partial charge in [-0.3, -0.25) is 9.78 Å². The van der Waals surface area contributed by atoms with E-state index in [0.29, 0.717) is 15.6 Å². The van der Waals surface area contributed by atoms with Crippen LogP contribution < -0.4 is 5.32 Å². The molecule has 3 aromatic rings. The molecule has 6 heteroatoms. The molecule has 0 aliphatic rings.